The molecule has 1 N–H and O–H groups in total. The third kappa shape index (κ3) is 3.82. The average molecular weight is 418 g/mol. The smallest absolute Gasteiger partial charge is 0.270 e. The molecule has 158 valence electrons. The maximum Gasteiger partial charge on any atom is 0.270 e. The number of rotatable bonds is 4. The summed E-state index contributed by atoms with van der Waals surface area (Å²) in [5.41, 5.74) is 4.09. The number of nitrogens with zero attached hydrogens (tertiary/aromatic N) is 5. The topological polar surface area (TPSA) is 70.1 Å². The van der Waals surface area contributed by atoms with E-state index < -0.39 is 0 Å². The molecule has 1 aliphatic heterocycles. The molecule has 0 unspecified atom stereocenters. The van der Waals surface area contributed by atoms with Crippen molar-refractivity contribution in [3.05, 3.63) is 72.1 Å². The van der Waals surface area contributed by atoms with Crippen LogP contribution in [0.5, 0.6) is 0 Å². The van der Waals surface area contributed by atoms with Gasteiger partial charge in [-0.05, 0) is 36.4 Å². The quantitative estimate of drug-likeness (QED) is 0.553. The molecule has 0 saturated carbocycles. The minimum atomic E-state index is -0.320. The van der Waals surface area contributed by atoms with E-state index in [0.29, 0.717) is 29.7 Å². The van der Waals surface area contributed by atoms with Gasteiger partial charge in [-0.25, -0.2) is 4.39 Å². The van der Waals surface area contributed by atoms with E-state index in [9.17, 15) is 9.18 Å². The average Bonchev–Trinajstić information content (AvgIpc) is 3.39. The zero-order chi connectivity index (χ0) is 21.4. The molecule has 1 aliphatic rings. The van der Waals surface area contributed by atoms with Crippen LogP contribution in [0.2, 0.25) is 0 Å². The van der Waals surface area contributed by atoms with E-state index in [0.717, 1.165) is 36.6 Å². The lowest BCUT2D eigenvalue weighted by molar-refractivity contribution is 0.0620. The molecule has 1 saturated heterocycles. The van der Waals surface area contributed by atoms with Crippen molar-refractivity contribution >= 4 is 16.8 Å². The standard InChI is InChI=1S/C23H23FN6O/c1-28-17(12-21(27-28)16-4-3-7-25-14-16)15-29-8-10-30(11-9-29)23(31)22-13-18-19(24)5-2-6-20(18)26-22/h2-7,12-14,26H,8-11,15H2,1H3. The summed E-state index contributed by atoms with van der Waals surface area (Å²) < 4.78 is 15.8. The van der Waals surface area contributed by atoms with E-state index in [2.05, 4.69) is 26.0 Å². The highest BCUT2D eigenvalue weighted by molar-refractivity contribution is 5.98. The summed E-state index contributed by atoms with van der Waals surface area (Å²) in [5, 5.41) is 5.06. The normalized spacial score (nSPS) is 15.0. The number of aromatic nitrogens is 4. The third-order valence-electron chi connectivity index (χ3n) is 5.82. The number of carbonyl (C=O) groups is 1. The van der Waals surface area contributed by atoms with Crippen LogP contribution in [-0.2, 0) is 13.6 Å². The first-order valence-electron chi connectivity index (χ1n) is 10.3. The van der Waals surface area contributed by atoms with Gasteiger partial charge in [-0.15, -0.1) is 0 Å². The van der Waals surface area contributed by atoms with Crippen molar-refractivity contribution in [2.45, 2.75) is 6.54 Å². The van der Waals surface area contributed by atoms with Gasteiger partial charge >= 0.3 is 0 Å². The second-order valence-electron chi connectivity index (χ2n) is 7.84. The van der Waals surface area contributed by atoms with Crippen LogP contribution in [0, 0.1) is 5.82 Å². The van der Waals surface area contributed by atoms with Crippen LogP contribution >= 0.6 is 0 Å². The molecule has 4 aromatic rings. The van der Waals surface area contributed by atoms with Crippen molar-refractivity contribution in [2.75, 3.05) is 26.2 Å². The van der Waals surface area contributed by atoms with Crippen LogP contribution in [0.1, 0.15) is 16.2 Å². The number of H-pyrrole nitrogens is 1. The van der Waals surface area contributed by atoms with Gasteiger partial charge in [0.15, 0.2) is 0 Å². The van der Waals surface area contributed by atoms with E-state index in [1.165, 1.54) is 6.07 Å². The molecule has 7 nitrogen and oxygen atoms in total. The molecule has 1 aromatic carbocycles. The summed E-state index contributed by atoms with van der Waals surface area (Å²) in [6, 6.07) is 12.4. The van der Waals surface area contributed by atoms with Gasteiger partial charge in [0.2, 0.25) is 0 Å². The van der Waals surface area contributed by atoms with Crippen LogP contribution in [0.3, 0.4) is 0 Å². The van der Waals surface area contributed by atoms with Gasteiger partial charge in [-0.1, -0.05) is 6.07 Å². The molecule has 1 fully saturated rings. The summed E-state index contributed by atoms with van der Waals surface area (Å²) in [6.07, 6.45) is 3.56. The van der Waals surface area contributed by atoms with Gasteiger partial charge in [-0.3, -0.25) is 19.4 Å². The molecule has 31 heavy (non-hydrogen) atoms. The minimum Gasteiger partial charge on any atom is -0.350 e. The van der Waals surface area contributed by atoms with Crippen molar-refractivity contribution in [1.82, 2.24) is 29.5 Å². The van der Waals surface area contributed by atoms with E-state index in [4.69, 9.17) is 0 Å². The van der Waals surface area contributed by atoms with Gasteiger partial charge in [0, 0.05) is 68.6 Å². The Kier molecular flexibility index (Phi) is 4.99. The first-order valence-corrected chi connectivity index (χ1v) is 10.3. The lowest BCUT2D eigenvalue weighted by Crippen LogP contribution is -2.48. The zero-order valence-corrected chi connectivity index (χ0v) is 17.3. The Morgan fingerprint density at radius 1 is 1.13 bits per heavy atom. The number of fused-ring (bicyclic) bond motifs is 1. The number of aryl methyl sites for hydroxylation is 1. The fourth-order valence-electron chi connectivity index (χ4n) is 4.05. The second-order valence-corrected chi connectivity index (χ2v) is 7.84. The predicted octanol–water partition coefficient (Wildman–Crippen LogP) is 3.06. The Balaban J connectivity index is 1.23. The van der Waals surface area contributed by atoms with Crippen molar-refractivity contribution in [3.8, 4) is 11.3 Å². The number of pyridine rings is 1. The second kappa shape index (κ2) is 7.96. The highest BCUT2D eigenvalue weighted by atomic mass is 19.1. The molecule has 1 amide bonds. The highest BCUT2D eigenvalue weighted by Crippen LogP contribution is 2.21. The lowest BCUT2D eigenvalue weighted by atomic mass is 10.2. The van der Waals surface area contributed by atoms with Crippen molar-refractivity contribution < 1.29 is 9.18 Å². The Morgan fingerprint density at radius 3 is 2.71 bits per heavy atom. The molecule has 0 atom stereocenters. The third-order valence-corrected chi connectivity index (χ3v) is 5.82. The minimum absolute atomic E-state index is 0.0883. The number of hydrogen-bond acceptors (Lipinski definition) is 4. The Bertz CT molecular complexity index is 1220. The SMILES string of the molecule is Cn1nc(-c2cccnc2)cc1CN1CCN(C(=O)c2cc3c(F)cccc3[nH]2)CC1. The Morgan fingerprint density at radius 2 is 1.97 bits per heavy atom. The van der Waals surface area contributed by atoms with E-state index in [1.807, 2.05) is 35.0 Å². The van der Waals surface area contributed by atoms with Crippen LogP contribution in [0.15, 0.2) is 54.9 Å². The Hall–Kier alpha value is -3.52. The predicted molar refractivity (Wildman–Crippen MR) is 116 cm³/mol. The highest BCUT2D eigenvalue weighted by Gasteiger charge is 2.24. The van der Waals surface area contributed by atoms with E-state index in [1.54, 1.807) is 24.4 Å². The van der Waals surface area contributed by atoms with Crippen LogP contribution in [0.4, 0.5) is 4.39 Å². The van der Waals surface area contributed by atoms with E-state index in [-0.39, 0.29) is 11.7 Å². The van der Waals surface area contributed by atoms with Gasteiger partial charge in [0.05, 0.1) is 11.4 Å². The Labute approximate surface area is 179 Å². The fourth-order valence-corrected chi connectivity index (χ4v) is 4.05. The van der Waals surface area contributed by atoms with Gasteiger partial charge in [0.25, 0.3) is 5.91 Å². The molecule has 8 heteroatoms. The molecule has 0 radical (unpaired) electrons. The lowest BCUT2D eigenvalue weighted by Gasteiger charge is -2.34. The van der Waals surface area contributed by atoms with Crippen molar-refractivity contribution in [3.63, 3.8) is 0 Å². The van der Waals surface area contributed by atoms with Crippen LogP contribution in [0.25, 0.3) is 22.2 Å². The van der Waals surface area contributed by atoms with E-state index >= 15 is 0 Å². The van der Waals surface area contributed by atoms with Gasteiger partial charge in [-0.2, -0.15) is 5.10 Å². The number of nitrogens with one attached hydrogen (secondary N) is 1. The largest absolute Gasteiger partial charge is 0.350 e. The summed E-state index contributed by atoms with van der Waals surface area (Å²) >= 11 is 0. The summed E-state index contributed by atoms with van der Waals surface area (Å²) in [7, 11) is 1.95. The number of hydrogen-bond donors (Lipinski definition) is 1. The van der Waals surface area contributed by atoms with Crippen LogP contribution < -0.4 is 0 Å². The zero-order valence-electron chi connectivity index (χ0n) is 17.3. The number of amides is 1. The molecule has 4 heterocycles. The molecule has 0 bridgehead atoms. The number of piperazine rings is 1. The number of halogens is 1. The fraction of sp³-hybridized carbons (Fsp3) is 0.261. The summed E-state index contributed by atoms with van der Waals surface area (Å²) in [4.78, 5) is 24.2. The van der Waals surface area contributed by atoms with Gasteiger partial charge < -0.3 is 9.88 Å². The van der Waals surface area contributed by atoms with Crippen LogP contribution in [-0.4, -0.2) is 61.6 Å². The molecule has 0 spiro atoms. The molecule has 3 aromatic heterocycles. The van der Waals surface area contributed by atoms with Crippen molar-refractivity contribution in [1.29, 1.82) is 0 Å². The monoisotopic (exact) mass is 418 g/mol. The number of benzene rings is 1. The summed E-state index contributed by atoms with van der Waals surface area (Å²) in [5.74, 6) is -0.408. The first-order chi connectivity index (χ1) is 15.1. The molecule has 0 aliphatic carbocycles. The number of aromatic amines is 1. The number of carbonyl (C=O) groups excluding carboxylic acids is 1. The maximum atomic E-state index is 13.9. The summed E-state index contributed by atoms with van der Waals surface area (Å²) in [6.45, 7) is 3.57. The molecular formula is C23H23FN6O. The van der Waals surface area contributed by atoms with Crippen molar-refractivity contribution in [2.24, 2.45) is 7.05 Å². The molecular weight excluding hydrogens is 395 g/mol. The molecule has 5 rings (SSSR count). The first kappa shape index (κ1) is 19.4. The van der Waals surface area contributed by atoms with Gasteiger partial charge in [0.1, 0.15) is 11.5 Å². The maximum absolute atomic E-state index is 13.9.